The molecular formula is C16H25NO2. The van der Waals surface area contributed by atoms with Gasteiger partial charge >= 0.3 is 0 Å². The molecule has 0 aromatic heterocycles. The van der Waals surface area contributed by atoms with Crippen LogP contribution >= 0.6 is 0 Å². The second-order valence-electron chi connectivity index (χ2n) is 4.65. The number of anilines is 1. The van der Waals surface area contributed by atoms with Gasteiger partial charge < -0.3 is 10.1 Å². The molecule has 1 aromatic rings. The summed E-state index contributed by atoms with van der Waals surface area (Å²) in [5.74, 6) is 0.869. The fourth-order valence-electron chi connectivity index (χ4n) is 1.88. The number of nitrogens with one attached hydrogen (secondary N) is 1. The van der Waals surface area contributed by atoms with Crippen molar-refractivity contribution in [3.05, 3.63) is 23.8 Å². The first-order valence-electron chi connectivity index (χ1n) is 7.27. The summed E-state index contributed by atoms with van der Waals surface area (Å²) in [6.45, 7) is 6.84. The summed E-state index contributed by atoms with van der Waals surface area (Å²) in [5, 5.41) is 2.92. The quantitative estimate of drug-likeness (QED) is 0.715. The highest BCUT2D eigenvalue weighted by Crippen LogP contribution is 2.30. The van der Waals surface area contributed by atoms with Crippen LogP contribution in [0.15, 0.2) is 18.2 Å². The Morgan fingerprint density at radius 1 is 1.21 bits per heavy atom. The fraction of sp³-hybridized carbons (Fsp3) is 0.562. The molecule has 0 aliphatic carbocycles. The van der Waals surface area contributed by atoms with Crippen molar-refractivity contribution in [2.45, 2.75) is 52.9 Å². The van der Waals surface area contributed by atoms with Gasteiger partial charge in [0.25, 0.3) is 0 Å². The molecule has 19 heavy (non-hydrogen) atoms. The first-order chi connectivity index (χ1) is 9.22. The maximum Gasteiger partial charge on any atom is 0.224 e. The third kappa shape index (κ3) is 4.93. The smallest absolute Gasteiger partial charge is 0.224 e. The third-order valence-electron chi connectivity index (χ3n) is 2.96. The number of benzene rings is 1. The van der Waals surface area contributed by atoms with E-state index in [4.69, 9.17) is 4.74 Å². The van der Waals surface area contributed by atoms with E-state index >= 15 is 0 Å². The van der Waals surface area contributed by atoms with Crippen LogP contribution in [0.2, 0.25) is 0 Å². The molecule has 0 saturated heterocycles. The zero-order valence-corrected chi connectivity index (χ0v) is 12.3. The second-order valence-corrected chi connectivity index (χ2v) is 4.65. The summed E-state index contributed by atoms with van der Waals surface area (Å²) in [6, 6.07) is 5.96. The van der Waals surface area contributed by atoms with Crippen LogP contribution in [0.1, 0.15) is 52.0 Å². The monoisotopic (exact) mass is 263 g/mol. The highest BCUT2D eigenvalue weighted by molar-refractivity contribution is 5.92. The van der Waals surface area contributed by atoms with Gasteiger partial charge in [-0.1, -0.05) is 45.7 Å². The van der Waals surface area contributed by atoms with Gasteiger partial charge in [-0.3, -0.25) is 4.79 Å². The van der Waals surface area contributed by atoms with Gasteiger partial charge in [0.1, 0.15) is 5.75 Å². The number of rotatable bonds is 8. The van der Waals surface area contributed by atoms with Gasteiger partial charge in [-0.05, 0) is 24.5 Å². The molecule has 1 N–H and O–H groups in total. The van der Waals surface area contributed by atoms with E-state index in [2.05, 4.69) is 25.2 Å². The Balaban J connectivity index is 2.92. The van der Waals surface area contributed by atoms with Crippen molar-refractivity contribution < 1.29 is 9.53 Å². The molecule has 0 atom stereocenters. The van der Waals surface area contributed by atoms with Crippen LogP contribution in [0.5, 0.6) is 5.75 Å². The van der Waals surface area contributed by atoms with Crippen molar-refractivity contribution >= 4 is 11.6 Å². The molecular weight excluding hydrogens is 238 g/mol. The Kier molecular flexibility index (Phi) is 7.01. The highest BCUT2D eigenvalue weighted by Gasteiger charge is 2.11. The Morgan fingerprint density at radius 2 is 2.00 bits per heavy atom. The lowest BCUT2D eigenvalue weighted by atomic mass is 10.1. The minimum atomic E-state index is 0.0222. The van der Waals surface area contributed by atoms with Crippen molar-refractivity contribution in [1.29, 1.82) is 0 Å². The van der Waals surface area contributed by atoms with Crippen molar-refractivity contribution in [3.8, 4) is 5.75 Å². The number of unbranched alkanes of at least 4 members (excludes halogenated alkanes) is 1. The molecule has 0 unspecified atom stereocenters. The standard InChI is InChI=1S/C16H25NO2/c1-4-7-12-19-16-13(9-5-2)10-8-11-14(16)17-15(18)6-3/h8,10-11H,4-7,9,12H2,1-3H3,(H,17,18). The normalized spacial score (nSPS) is 10.3. The molecule has 106 valence electrons. The van der Waals surface area contributed by atoms with E-state index in [1.165, 1.54) is 5.56 Å². The average Bonchev–Trinajstić information content (AvgIpc) is 2.42. The van der Waals surface area contributed by atoms with Crippen LogP contribution in [0.3, 0.4) is 0 Å². The van der Waals surface area contributed by atoms with Gasteiger partial charge in [0, 0.05) is 6.42 Å². The number of para-hydroxylation sites is 1. The summed E-state index contributed by atoms with van der Waals surface area (Å²) < 4.78 is 5.89. The maximum atomic E-state index is 11.6. The van der Waals surface area contributed by atoms with Gasteiger partial charge in [0.15, 0.2) is 0 Å². The topological polar surface area (TPSA) is 38.3 Å². The van der Waals surface area contributed by atoms with Crippen LogP contribution in [-0.2, 0) is 11.2 Å². The number of carbonyl (C=O) groups excluding carboxylic acids is 1. The van der Waals surface area contributed by atoms with Gasteiger partial charge in [0.05, 0.1) is 12.3 Å². The maximum absolute atomic E-state index is 11.6. The molecule has 1 rings (SSSR count). The number of amides is 1. The molecule has 0 aliphatic rings. The largest absolute Gasteiger partial charge is 0.491 e. The third-order valence-corrected chi connectivity index (χ3v) is 2.96. The van der Waals surface area contributed by atoms with Gasteiger partial charge in [-0.15, -0.1) is 0 Å². The SMILES string of the molecule is CCCCOc1c(CCC)cccc1NC(=O)CC. The van der Waals surface area contributed by atoms with Crippen molar-refractivity contribution in [3.63, 3.8) is 0 Å². The van der Waals surface area contributed by atoms with Crippen molar-refractivity contribution in [2.24, 2.45) is 0 Å². The molecule has 3 heteroatoms. The molecule has 0 radical (unpaired) electrons. The summed E-state index contributed by atoms with van der Waals surface area (Å²) >= 11 is 0. The summed E-state index contributed by atoms with van der Waals surface area (Å²) in [5.41, 5.74) is 1.97. The van der Waals surface area contributed by atoms with Crippen LogP contribution in [0.25, 0.3) is 0 Å². The minimum absolute atomic E-state index is 0.0222. The lowest BCUT2D eigenvalue weighted by Gasteiger charge is -2.16. The lowest BCUT2D eigenvalue weighted by molar-refractivity contribution is -0.115. The minimum Gasteiger partial charge on any atom is -0.491 e. The van der Waals surface area contributed by atoms with E-state index in [1.54, 1.807) is 0 Å². The highest BCUT2D eigenvalue weighted by atomic mass is 16.5. The summed E-state index contributed by atoms with van der Waals surface area (Å²) in [4.78, 5) is 11.6. The van der Waals surface area contributed by atoms with Gasteiger partial charge in [-0.25, -0.2) is 0 Å². The zero-order chi connectivity index (χ0) is 14.1. The number of hydrogen-bond donors (Lipinski definition) is 1. The lowest BCUT2D eigenvalue weighted by Crippen LogP contribution is -2.12. The molecule has 0 spiro atoms. The predicted molar refractivity (Wildman–Crippen MR) is 79.8 cm³/mol. The van der Waals surface area contributed by atoms with Crippen LogP contribution < -0.4 is 10.1 Å². The summed E-state index contributed by atoms with van der Waals surface area (Å²) in [7, 11) is 0. The van der Waals surface area contributed by atoms with Crippen LogP contribution in [0.4, 0.5) is 5.69 Å². The molecule has 3 nitrogen and oxygen atoms in total. The average molecular weight is 263 g/mol. The molecule has 0 fully saturated rings. The second kappa shape index (κ2) is 8.57. The predicted octanol–water partition coefficient (Wildman–Crippen LogP) is 4.17. The van der Waals surface area contributed by atoms with E-state index in [-0.39, 0.29) is 5.91 Å². The molecule has 0 bridgehead atoms. The number of ether oxygens (including phenoxy) is 1. The number of carbonyl (C=O) groups is 1. The van der Waals surface area contributed by atoms with E-state index in [1.807, 2.05) is 19.1 Å². The van der Waals surface area contributed by atoms with E-state index in [9.17, 15) is 4.79 Å². The first-order valence-corrected chi connectivity index (χ1v) is 7.27. The van der Waals surface area contributed by atoms with E-state index in [0.29, 0.717) is 13.0 Å². The Morgan fingerprint density at radius 3 is 2.63 bits per heavy atom. The number of aryl methyl sites for hydroxylation is 1. The Bertz CT molecular complexity index is 402. The van der Waals surface area contributed by atoms with Crippen molar-refractivity contribution in [2.75, 3.05) is 11.9 Å². The summed E-state index contributed by atoms with van der Waals surface area (Å²) in [6.07, 6.45) is 4.65. The Hall–Kier alpha value is -1.51. The molecule has 0 aliphatic heterocycles. The van der Waals surface area contributed by atoms with Crippen molar-refractivity contribution in [1.82, 2.24) is 0 Å². The zero-order valence-electron chi connectivity index (χ0n) is 12.3. The fourth-order valence-corrected chi connectivity index (χ4v) is 1.88. The Labute approximate surface area is 116 Å². The molecule has 0 saturated carbocycles. The molecule has 1 amide bonds. The molecule has 1 aromatic carbocycles. The first kappa shape index (κ1) is 15.5. The van der Waals surface area contributed by atoms with E-state index in [0.717, 1.165) is 37.1 Å². The number of hydrogen-bond acceptors (Lipinski definition) is 2. The van der Waals surface area contributed by atoms with E-state index < -0.39 is 0 Å². The van der Waals surface area contributed by atoms with Gasteiger partial charge in [-0.2, -0.15) is 0 Å². The van der Waals surface area contributed by atoms with Crippen LogP contribution in [0, 0.1) is 0 Å². The van der Waals surface area contributed by atoms with Crippen LogP contribution in [-0.4, -0.2) is 12.5 Å². The van der Waals surface area contributed by atoms with Gasteiger partial charge in [0.2, 0.25) is 5.91 Å². The molecule has 0 heterocycles.